The fourth-order valence-corrected chi connectivity index (χ4v) is 4.32. The SMILES string of the molecule is Cc1cccc(N2C(=O)c3oc4ccc(Cl)cc4c(=O)c3C2c2ccc(Cl)c(Cl)c2)n1. The molecule has 4 aromatic rings. The summed E-state index contributed by atoms with van der Waals surface area (Å²) in [5.41, 5.74) is 1.50. The molecule has 31 heavy (non-hydrogen) atoms. The number of aromatic nitrogens is 1. The molecule has 3 heterocycles. The molecule has 2 aromatic carbocycles. The lowest BCUT2D eigenvalue weighted by Crippen LogP contribution is -2.30. The molecule has 1 amide bonds. The van der Waals surface area contributed by atoms with Crippen molar-refractivity contribution in [2.45, 2.75) is 13.0 Å². The van der Waals surface area contributed by atoms with E-state index in [1.54, 1.807) is 42.5 Å². The number of fused-ring (bicyclic) bond motifs is 2. The highest BCUT2D eigenvalue weighted by Gasteiger charge is 2.44. The van der Waals surface area contributed by atoms with Crippen molar-refractivity contribution in [1.82, 2.24) is 4.98 Å². The number of nitrogens with zero attached hydrogens (tertiary/aromatic N) is 2. The summed E-state index contributed by atoms with van der Waals surface area (Å²) in [4.78, 5) is 32.9. The van der Waals surface area contributed by atoms with Crippen LogP contribution in [0.5, 0.6) is 0 Å². The van der Waals surface area contributed by atoms with Crippen LogP contribution in [-0.2, 0) is 0 Å². The molecular weight excluding hydrogens is 459 g/mol. The average molecular weight is 472 g/mol. The molecule has 0 spiro atoms. The normalized spacial score (nSPS) is 15.5. The third kappa shape index (κ3) is 3.21. The van der Waals surface area contributed by atoms with Crippen molar-refractivity contribution >= 4 is 57.5 Å². The first-order valence-electron chi connectivity index (χ1n) is 9.33. The van der Waals surface area contributed by atoms with Crippen LogP contribution in [0.25, 0.3) is 11.0 Å². The van der Waals surface area contributed by atoms with Gasteiger partial charge in [0.2, 0.25) is 5.76 Å². The van der Waals surface area contributed by atoms with Gasteiger partial charge in [0.25, 0.3) is 5.91 Å². The number of hydrogen-bond donors (Lipinski definition) is 0. The van der Waals surface area contributed by atoms with E-state index in [4.69, 9.17) is 39.2 Å². The summed E-state index contributed by atoms with van der Waals surface area (Å²) in [6.07, 6.45) is 0. The van der Waals surface area contributed by atoms with Gasteiger partial charge in [0, 0.05) is 10.7 Å². The lowest BCUT2D eigenvalue weighted by atomic mass is 9.98. The number of rotatable bonds is 2. The lowest BCUT2D eigenvalue weighted by Gasteiger charge is -2.24. The predicted molar refractivity (Wildman–Crippen MR) is 122 cm³/mol. The summed E-state index contributed by atoms with van der Waals surface area (Å²) in [5.74, 6) is -0.0914. The molecule has 1 atom stereocenters. The lowest BCUT2D eigenvalue weighted by molar-refractivity contribution is 0.0970. The van der Waals surface area contributed by atoms with Crippen molar-refractivity contribution in [3.05, 3.63) is 102 Å². The summed E-state index contributed by atoms with van der Waals surface area (Å²) < 4.78 is 5.90. The van der Waals surface area contributed by atoms with Gasteiger partial charge in [0.05, 0.1) is 27.0 Å². The Morgan fingerprint density at radius 1 is 0.968 bits per heavy atom. The highest BCUT2D eigenvalue weighted by atomic mass is 35.5. The van der Waals surface area contributed by atoms with E-state index < -0.39 is 11.9 Å². The first kappa shape index (κ1) is 20.1. The van der Waals surface area contributed by atoms with E-state index in [0.717, 1.165) is 5.69 Å². The van der Waals surface area contributed by atoms with E-state index in [0.29, 0.717) is 31.8 Å². The van der Waals surface area contributed by atoms with Crippen LogP contribution >= 0.6 is 34.8 Å². The maximum Gasteiger partial charge on any atom is 0.296 e. The topological polar surface area (TPSA) is 63.4 Å². The molecule has 0 fully saturated rings. The molecule has 0 bridgehead atoms. The molecule has 8 heteroatoms. The van der Waals surface area contributed by atoms with Crippen LogP contribution in [0.3, 0.4) is 0 Å². The minimum atomic E-state index is -0.786. The quantitative estimate of drug-likeness (QED) is 0.349. The molecule has 2 aromatic heterocycles. The van der Waals surface area contributed by atoms with E-state index >= 15 is 0 Å². The second kappa shape index (κ2) is 7.38. The van der Waals surface area contributed by atoms with Gasteiger partial charge in [-0.25, -0.2) is 4.98 Å². The van der Waals surface area contributed by atoms with Gasteiger partial charge in [0.1, 0.15) is 11.4 Å². The molecule has 0 saturated carbocycles. The summed E-state index contributed by atoms with van der Waals surface area (Å²) in [5, 5.41) is 1.37. The Kier molecular flexibility index (Phi) is 4.77. The van der Waals surface area contributed by atoms with Crippen molar-refractivity contribution in [3.8, 4) is 0 Å². The molecule has 0 N–H and O–H groups in total. The summed E-state index contributed by atoms with van der Waals surface area (Å²) >= 11 is 18.5. The Bertz CT molecular complexity index is 1450. The van der Waals surface area contributed by atoms with Crippen molar-refractivity contribution in [3.63, 3.8) is 0 Å². The zero-order valence-corrected chi connectivity index (χ0v) is 18.3. The number of carbonyl (C=O) groups is 1. The summed E-state index contributed by atoms with van der Waals surface area (Å²) in [6, 6.07) is 14.3. The molecule has 154 valence electrons. The second-order valence-corrected chi connectivity index (χ2v) is 8.45. The first-order chi connectivity index (χ1) is 14.8. The molecule has 1 aliphatic rings. The molecular formula is C23H13Cl3N2O3. The number of pyridine rings is 1. The van der Waals surface area contributed by atoms with Gasteiger partial charge in [-0.15, -0.1) is 0 Å². The minimum Gasteiger partial charge on any atom is -0.450 e. The van der Waals surface area contributed by atoms with Crippen LogP contribution in [-0.4, -0.2) is 10.9 Å². The standard InChI is InChI=1S/C23H13Cl3N2O3/c1-11-3-2-4-18(27-11)28-20(12-5-7-15(25)16(26)9-12)19-21(29)14-10-13(24)6-8-17(14)31-22(19)23(28)30/h2-10,20H,1H3. The molecule has 0 aliphatic carbocycles. The summed E-state index contributed by atoms with van der Waals surface area (Å²) in [7, 11) is 0. The van der Waals surface area contributed by atoms with Crippen molar-refractivity contribution < 1.29 is 9.21 Å². The molecule has 1 unspecified atom stereocenters. The van der Waals surface area contributed by atoms with Crippen LogP contribution in [0.15, 0.2) is 63.8 Å². The third-order valence-electron chi connectivity index (χ3n) is 5.21. The second-order valence-electron chi connectivity index (χ2n) is 7.20. The van der Waals surface area contributed by atoms with E-state index in [9.17, 15) is 9.59 Å². The predicted octanol–water partition coefficient (Wildman–Crippen LogP) is 6.21. The monoisotopic (exact) mass is 470 g/mol. The molecule has 0 saturated heterocycles. The third-order valence-corrected chi connectivity index (χ3v) is 6.19. The fourth-order valence-electron chi connectivity index (χ4n) is 3.84. The van der Waals surface area contributed by atoms with E-state index in [2.05, 4.69) is 4.98 Å². The average Bonchev–Trinajstić information content (AvgIpc) is 3.03. The number of benzene rings is 2. The van der Waals surface area contributed by atoms with Crippen LogP contribution in [0.2, 0.25) is 15.1 Å². The number of amides is 1. The van der Waals surface area contributed by atoms with Gasteiger partial charge < -0.3 is 4.42 Å². The van der Waals surface area contributed by atoms with Gasteiger partial charge in [-0.3, -0.25) is 14.5 Å². The van der Waals surface area contributed by atoms with Gasteiger partial charge >= 0.3 is 0 Å². The van der Waals surface area contributed by atoms with Crippen molar-refractivity contribution in [2.24, 2.45) is 0 Å². The minimum absolute atomic E-state index is 0.0285. The molecule has 5 nitrogen and oxygen atoms in total. The molecule has 1 aliphatic heterocycles. The van der Waals surface area contributed by atoms with E-state index in [1.165, 1.54) is 11.0 Å². The van der Waals surface area contributed by atoms with E-state index in [-0.39, 0.29) is 22.3 Å². The van der Waals surface area contributed by atoms with Crippen molar-refractivity contribution in [2.75, 3.05) is 4.90 Å². The van der Waals surface area contributed by atoms with Crippen LogP contribution < -0.4 is 10.3 Å². The van der Waals surface area contributed by atoms with Gasteiger partial charge in [-0.1, -0.05) is 46.9 Å². The largest absolute Gasteiger partial charge is 0.450 e. The molecule has 0 radical (unpaired) electrons. The Labute approximate surface area is 191 Å². The van der Waals surface area contributed by atoms with Crippen LogP contribution in [0, 0.1) is 6.92 Å². The fraction of sp³-hybridized carbons (Fsp3) is 0.0870. The van der Waals surface area contributed by atoms with Gasteiger partial charge in [-0.05, 0) is 55.0 Å². The highest BCUT2D eigenvalue weighted by molar-refractivity contribution is 6.42. The maximum atomic E-state index is 13.5. The van der Waals surface area contributed by atoms with E-state index in [1.807, 2.05) is 13.0 Å². The van der Waals surface area contributed by atoms with Crippen molar-refractivity contribution in [1.29, 1.82) is 0 Å². The Balaban J connectivity index is 1.84. The zero-order chi connectivity index (χ0) is 21.9. The Morgan fingerprint density at radius 3 is 2.52 bits per heavy atom. The zero-order valence-electron chi connectivity index (χ0n) is 16.0. The number of carbonyl (C=O) groups excluding carboxylic acids is 1. The number of anilines is 1. The first-order valence-corrected chi connectivity index (χ1v) is 10.5. The number of halogens is 3. The number of hydrogen-bond acceptors (Lipinski definition) is 4. The van der Waals surface area contributed by atoms with Gasteiger partial charge in [0.15, 0.2) is 5.43 Å². The van der Waals surface area contributed by atoms with Crippen LogP contribution in [0.4, 0.5) is 5.82 Å². The Morgan fingerprint density at radius 2 is 1.77 bits per heavy atom. The summed E-state index contributed by atoms with van der Waals surface area (Å²) in [6.45, 7) is 1.82. The van der Waals surface area contributed by atoms with Gasteiger partial charge in [-0.2, -0.15) is 0 Å². The highest BCUT2D eigenvalue weighted by Crippen LogP contribution is 2.42. The van der Waals surface area contributed by atoms with Crippen LogP contribution in [0.1, 0.15) is 33.4 Å². The smallest absolute Gasteiger partial charge is 0.296 e. The maximum absolute atomic E-state index is 13.5. The number of aryl methyl sites for hydroxylation is 1. The molecule has 5 rings (SSSR count). The Hall–Kier alpha value is -2.86.